The zero-order valence-electron chi connectivity index (χ0n) is 11.1. The second-order valence-corrected chi connectivity index (χ2v) is 6.52. The Kier molecular flexibility index (Phi) is 4.62. The van der Waals surface area contributed by atoms with Crippen LogP contribution in [-0.2, 0) is 4.79 Å². The van der Waals surface area contributed by atoms with Crippen LogP contribution in [0.25, 0.3) is 0 Å². The lowest BCUT2D eigenvalue weighted by atomic mass is 10.0. The van der Waals surface area contributed by atoms with E-state index in [1.54, 1.807) is 17.0 Å². The molecule has 0 radical (unpaired) electrons. The fourth-order valence-corrected chi connectivity index (χ4v) is 2.94. The molecular formula is C14H14Cl3NO2. The van der Waals surface area contributed by atoms with Crippen molar-refractivity contribution in [2.24, 2.45) is 5.92 Å². The molecule has 2 rings (SSSR count). The van der Waals surface area contributed by atoms with Gasteiger partial charge in [-0.05, 0) is 35.2 Å². The molecule has 0 aliphatic carbocycles. The minimum absolute atomic E-state index is 0.0744. The third-order valence-corrected chi connectivity index (χ3v) is 4.11. The molecule has 3 nitrogen and oxygen atoms in total. The molecule has 0 saturated carbocycles. The van der Waals surface area contributed by atoms with E-state index in [9.17, 15) is 9.59 Å². The molecule has 0 N–H and O–H groups in total. The molecule has 1 heterocycles. The van der Waals surface area contributed by atoms with E-state index in [0.29, 0.717) is 22.2 Å². The molecule has 1 unspecified atom stereocenters. The molecule has 0 spiro atoms. The van der Waals surface area contributed by atoms with Crippen molar-refractivity contribution in [2.45, 2.75) is 26.3 Å². The number of rotatable bonds is 4. The second-order valence-electron chi connectivity index (χ2n) is 5.28. The zero-order chi connectivity index (χ0) is 15.0. The van der Waals surface area contributed by atoms with E-state index in [-0.39, 0.29) is 24.3 Å². The maximum atomic E-state index is 12.5. The SMILES string of the molecule is CC(C)CN1C(=O)c2cc(Cl)c(Cl)cc2C1CC(=O)Cl. The van der Waals surface area contributed by atoms with Gasteiger partial charge in [-0.2, -0.15) is 0 Å². The highest BCUT2D eigenvalue weighted by molar-refractivity contribution is 6.63. The molecule has 0 aromatic heterocycles. The number of hydrogen-bond donors (Lipinski definition) is 0. The minimum Gasteiger partial charge on any atom is -0.331 e. The molecule has 1 aromatic rings. The highest BCUT2D eigenvalue weighted by Gasteiger charge is 2.38. The van der Waals surface area contributed by atoms with E-state index in [0.717, 1.165) is 5.56 Å². The van der Waals surface area contributed by atoms with Crippen LogP contribution in [0.15, 0.2) is 12.1 Å². The summed E-state index contributed by atoms with van der Waals surface area (Å²) >= 11 is 17.5. The van der Waals surface area contributed by atoms with Gasteiger partial charge in [0.05, 0.1) is 16.1 Å². The van der Waals surface area contributed by atoms with Crippen molar-refractivity contribution < 1.29 is 9.59 Å². The Morgan fingerprint density at radius 3 is 2.45 bits per heavy atom. The van der Waals surface area contributed by atoms with Crippen LogP contribution in [-0.4, -0.2) is 22.6 Å². The first-order valence-electron chi connectivity index (χ1n) is 6.29. The first-order chi connectivity index (χ1) is 9.31. The van der Waals surface area contributed by atoms with Crippen molar-refractivity contribution >= 4 is 46.0 Å². The summed E-state index contributed by atoms with van der Waals surface area (Å²) in [6.07, 6.45) is 0.0744. The van der Waals surface area contributed by atoms with Crippen molar-refractivity contribution in [3.8, 4) is 0 Å². The van der Waals surface area contributed by atoms with Gasteiger partial charge in [-0.25, -0.2) is 0 Å². The maximum Gasteiger partial charge on any atom is 0.254 e. The van der Waals surface area contributed by atoms with Gasteiger partial charge in [0.25, 0.3) is 5.91 Å². The Morgan fingerprint density at radius 2 is 1.90 bits per heavy atom. The van der Waals surface area contributed by atoms with Crippen LogP contribution in [0.2, 0.25) is 10.0 Å². The Bertz CT molecular complexity index is 572. The van der Waals surface area contributed by atoms with E-state index in [4.69, 9.17) is 34.8 Å². The Labute approximate surface area is 132 Å². The average molecular weight is 335 g/mol. The van der Waals surface area contributed by atoms with Crippen LogP contribution in [0.1, 0.15) is 42.2 Å². The Balaban J connectivity index is 2.47. The van der Waals surface area contributed by atoms with Crippen molar-refractivity contribution in [3.05, 3.63) is 33.3 Å². The van der Waals surface area contributed by atoms with Gasteiger partial charge in [0.2, 0.25) is 5.24 Å². The Morgan fingerprint density at radius 1 is 1.30 bits per heavy atom. The molecule has 1 aliphatic heterocycles. The highest BCUT2D eigenvalue weighted by atomic mass is 35.5. The molecule has 0 saturated heterocycles. The third-order valence-electron chi connectivity index (χ3n) is 3.23. The van der Waals surface area contributed by atoms with Crippen LogP contribution >= 0.6 is 34.8 Å². The fourth-order valence-electron chi connectivity index (χ4n) is 2.46. The molecule has 1 atom stereocenters. The van der Waals surface area contributed by atoms with E-state index in [1.165, 1.54) is 0 Å². The fraction of sp³-hybridized carbons (Fsp3) is 0.429. The van der Waals surface area contributed by atoms with Gasteiger partial charge < -0.3 is 4.90 Å². The number of amides is 1. The number of hydrogen-bond acceptors (Lipinski definition) is 2. The molecule has 20 heavy (non-hydrogen) atoms. The van der Waals surface area contributed by atoms with Crippen LogP contribution in [0.5, 0.6) is 0 Å². The number of halogens is 3. The molecule has 6 heteroatoms. The molecule has 0 fully saturated rings. The van der Waals surface area contributed by atoms with Crippen molar-refractivity contribution in [1.82, 2.24) is 4.90 Å². The molecule has 0 bridgehead atoms. The quantitative estimate of drug-likeness (QED) is 0.770. The van der Waals surface area contributed by atoms with E-state index in [1.807, 2.05) is 13.8 Å². The van der Waals surface area contributed by atoms with Gasteiger partial charge in [0, 0.05) is 18.5 Å². The standard InChI is InChI=1S/C14H14Cl3NO2/c1-7(2)6-18-12(5-13(17)19)8-3-10(15)11(16)4-9(8)14(18)20/h3-4,7,12H,5-6H2,1-2H3. The van der Waals surface area contributed by atoms with E-state index in [2.05, 4.69) is 0 Å². The molecular weight excluding hydrogens is 321 g/mol. The number of benzene rings is 1. The van der Waals surface area contributed by atoms with Crippen molar-refractivity contribution in [1.29, 1.82) is 0 Å². The maximum absolute atomic E-state index is 12.5. The zero-order valence-corrected chi connectivity index (χ0v) is 13.4. The monoisotopic (exact) mass is 333 g/mol. The summed E-state index contributed by atoms with van der Waals surface area (Å²) in [5.41, 5.74) is 1.22. The topological polar surface area (TPSA) is 37.4 Å². The largest absolute Gasteiger partial charge is 0.331 e. The number of carbonyl (C=O) groups excluding carboxylic acids is 2. The summed E-state index contributed by atoms with van der Waals surface area (Å²) in [6.45, 7) is 4.57. The molecule has 1 aliphatic rings. The molecule has 1 amide bonds. The number of carbonyl (C=O) groups is 2. The Hall–Kier alpha value is -0.770. The number of nitrogens with zero attached hydrogens (tertiary/aromatic N) is 1. The summed E-state index contributed by atoms with van der Waals surface area (Å²) in [6, 6.07) is 2.86. The van der Waals surface area contributed by atoms with Crippen LogP contribution in [0.4, 0.5) is 0 Å². The summed E-state index contributed by atoms with van der Waals surface area (Å²) in [5.74, 6) is 0.155. The highest BCUT2D eigenvalue weighted by Crippen LogP contribution is 2.40. The first kappa shape index (κ1) is 15.6. The predicted molar refractivity (Wildman–Crippen MR) is 80.6 cm³/mol. The normalized spacial score (nSPS) is 17.8. The van der Waals surface area contributed by atoms with Crippen LogP contribution in [0, 0.1) is 5.92 Å². The summed E-state index contributed by atoms with van der Waals surface area (Å²) < 4.78 is 0. The smallest absolute Gasteiger partial charge is 0.254 e. The van der Waals surface area contributed by atoms with Crippen molar-refractivity contribution in [2.75, 3.05) is 6.54 Å². The van der Waals surface area contributed by atoms with Crippen molar-refractivity contribution in [3.63, 3.8) is 0 Å². The van der Waals surface area contributed by atoms with Crippen LogP contribution in [0.3, 0.4) is 0 Å². The van der Waals surface area contributed by atoms with Crippen LogP contribution < -0.4 is 0 Å². The van der Waals surface area contributed by atoms with E-state index >= 15 is 0 Å². The lowest BCUT2D eigenvalue weighted by Crippen LogP contribution is -2.32. The van der Waals surface area contributed by atoms with Gasteiger partial charge in [-0.3, -0.25) is 9.59 Å². The first-order valence-corrected chi connectivity index (χ1v) is 7.43. The lowest BCUT2D eigenvalue weighted by Gasteiger charge is -2.26. The number of fused-ring (bicyclic) bond motifs is 1. The average Bonchev–Trinajstić information content (AvgIpc) is 2.55. The van der Waals surface area contributed by atoms with Gasteiger partial charge >= 0.3 is 0 Å². The summed E-state index contributed by atoms with van der Waals surface area (Å²) in [7, 11) is 0. The summed E-state index contributed by atoms with van der Waals surface area (Å²) in [4.78, 5) is 25.4. The molecule has 108 valence electrons. The summed E-state index contributed by atoms with van der Waals surface area (Å²) in [5, 5.41) is 0.230. The second kappa shape index (κ2) is 5.92. The van der Waals surface area contributed by atoms with Gasteiger partial charge in [-0.15, -0.1) is 0 Å². The lowest BCUT2D eigenvalue weighted by molar-refractivity contribution is -0.112. The van der Waals surface area contributed by atoms with E-state index < -0.39 is 5.24 Å². The molecule has 1 aromatic carbocycles. The van der Waals surface area contributed by atoms with Gasteiger partial charge in [-0.1, -0.05) is 37.0 Å². The third kappa shape index (κ3) is 2.95. The predicted octanol–water partition coefficient (Wildman–Crippen LogP) is 4.30. The van der Waals surface area contributed by atoms with Gasteiger partial charge in [0.15, 0.2) is 0 Å². The van der Waals surface area contributed by atoms with Gasteiger partial charge in [0.1, 0.15) is 0 Å². The minimum atomic E-state index is -0.476.